The second-order valence-corrected chi connectivity index (χ2v) is 5.66. The van der Waals surface area contributed by atoms with Crippen LogP contribution >= 0.6 is 23.2 Å². The van der Waals surface area contributed by atoms with E-state index in [1.807, 2.05) is 13.8 Å². The van der Waals surface area contributed by atoms with Crippen LogP contribution in [0.3, 0.4) is 0 Å². The maximum atomic E-state index is 11.7. The summed E-state index contributed by atoms with van der Waals surface area (Å²) in [5, 5.41) is 3.19. The highest BCUT2D eigenvalue weighted by Gasteiger charge is 2.19. The maximum Gasteiger partial charge on any atom is 0.412 e. The van der Waals surface area contributed by atoms with Crippen LogP contribution in [0, 0.1) is 13.8 Å². The number of hydrogen-bond donors (Lipinski definition) is 1. The van der Waals surface area contributed by atoms with Crippen molar-refractivity contribution in [3.8, 4) is 0 Å². The largest absolute Gasteiger partial charge is 0.444 e. The Morgan fingerprint density at radius 3 is 2.15 bits per heavy atom. The van der Waals surface area contributed by atoms with E-state index in [0.717, 1.165) is 0 Å². The number of nitrogens with one attached hydrogen (secondary N) is 1. The molecule has 0 aliphatic heterocycles. The van der Waals surface area contributed by atoms with Crippen molar-refractivity contribution in [3.05, 3.63) is 21.4 Å². The van der Waals surface area contributed by atoms with Crippen LogP contribution in [-0.4, -0.2) is 16.7 Å². The minimum absolute atomic E-state index is 0.224. The molecule has 20 heavy (non-hydrogen) atoms. The van der Waals surface area contributed by atoms with E-state index in [2.05, 4.69) is 10.3 Å². The molecule has 0 saturated carbocycles. The fourth-order valence-electron chi connectivity index (χ4n) is 1.38. The number of amides is 1. The van der Waals surface area contributed by atoms with Crippen molar-refractivity contribution < 1.29 is 9.53 Å². The zero-order chi connectivity index (χ0) is 16.1. The summed E-state index contributed by atoms with van der Waals surface area (Å²) in [7, 11) is 0. The number of nitrogens with zero attached hydrogens (tertiary/aromatic N) is 1. The Labute approximate surface area is 130 Å². The normalized spacial score (nSPS) is 10.4. The third-order valence-electron chi connectivity index (χ3n) is 2.14. The van der Waals surface area contributed by atoms with Gasteiger partial charge in [-0.3, -0.25) is 5.32 Å². The molecular formula is C14H22Cl2N2O2. The Morgan fingerprint density at radius 2 is 1.70 bits per heavy atom. The summed E-state index contributed by atoms with van der Waals surface area (Å²) in [6.45, 7) is 12.9. The lowest BCUT2D eigenvalue weighted by molar-refractivity contribution is 0.0635. The number of hydrogen-bond acceptors (Lipinski definition) is 3. The van der Waals surface area contributed by atoms with Crippen molar-refractivity contribution >= 4 is 35.0 Å². The summed E-state index contributed by atoms with van der Waals surface area (Å²) in [5.41, 5.74) is 1.22. The van der Waals surface area contributed by atoms with Crippen LogP contribution in [-0.2, 0) is 4.74 Å². The van der Waals surface area contributed by atoms with Crippen LogP contribution in [0.15, 0.2) is 0 Å². The average Bonchev–Trinajstić information content (AvgIpc) is 2.32. The fraction of sp³-hybridized carbons (Fsp3) is 0.571. The number of aryl methyl sites for hydroxylation is 1. The van der Waals surface area contributed by atoms with Gasteiger partial charge in [0.2, 0.25) is 0 Å². The fourth-order valence-corrected chi connectivity index (χ4v) is 1.78. The number of rotatable bonds is 1. The van der Waals surface area contributed by atoms with Gasteiger partial charge < -0.3 is 4.74 Å². The molecule has 1 heterocycles. The predicted octanol–water partition coefficient (Wildman–Crippen LogP) is 5.38. The first-order valence-corrected chi connectivity index (χ1v) is 7.19. The lowest BCUT2D eigenvalue weighted by atomic mass is 10.2. The van der Waals surface area contributed by atoms with Crippen molar-refractivity contribution in [1.82, 2.24) is 4.98 Å². The quantitative estimate of drug-likeness (QED) is 0.707. The minimum atomic E-state index is -0.560. The van der Waals surface area contributed by atoms with Gasteiger partial charge >= 0.3 is 6.09 Å². The maximum absolute atomic E-state index is 11.7. The number of ether oxygens (including phenoxy) is 1. The Bertz CT molecular complexity index is 483. The van der Waals surface area contributed by atoms with E-state index in [0.29, 0.717) is 22.0 Å². The SMILES string of the molecule is CC.Cc1nc(Cl)c(Cl)c(C)c1NC(=O)OC(C)(C)C. The van der Waals surface area contributed by atoms with E-state index in [-0.39, 0.29) is 5.15 Å². The topological polar surface area (TPSA) is 51.2 Å². The molecular weight excluding hydrogens is 299 g/mol. The number of pyridine rings is 1. The molecule has 0 bridgehead atoms. The van der Waals surface area contributed by atoms with Crippen molar-refractivity contribution in [2.45, 2.75) is 54.1 Å². The lowest BCUT2D eigenvalue weighted by Gasteiger charge is -2.21. The summed E-state index contributed by atoms with van der Waals surface area (Å²) < 4.78 is 5.17. The molecule has 6 heteroatoms. The Morgan fingerprint density at radius 1 is 1.20 bits per heavy atom. The highest BCUT2D eigenvalue weighted by atomic mass is 35.5. The second kappa shape index (κ2) is 7.70. The standard InChI is InChI=1S/C12H16Cl2N2O2.C2H6/c1-6-8(13)10(14)15-7(2)9(6)16-11(17)18-12(3,4)5;1-2/h1-5H3,(H,16,17);1-2H3. The molecule has 4 nitrogen and oxygen atoms in total. The van der Waals surface area contributed by atoms with Gasteiger partial charge in [-0.25, -0.2) is 9.78 Å². The van der Waals surface area contributed by atoms with Crippen LogP contribution in [0.4, 0.5) is 10.5 Å². The minimum Gasteiger partial charge on any atom is -0.444 e. The van der Waals surface area contributed by atoms with Gasteiger partial charge in [0.05, 0.1) is 16.4 Å². The number of aromatic nitrogens is 1. The van der Waals surface area contributed by atoms with Crippen molar-refractivity contribution in [1.29, 1.82) is 0 Å². The summed E-state index contributed by atoms with van der Waals surface area (Å²) in [6, 6.07) is 0. The second-order valence-electron chi connectivity index (χ2n) is 4.93. The predicted molar refractivity (Wildman–Crippen MR) is 84.9 cm³/mol. The molecule has 0 spiro atoms. The Kier molecular flexibility index (Phi) is 7.31. The van der Waals surface area contributed by atoms with Crippen LogP contribution in [0.2, 0.25) is 10.2 Å². The van der Waals surface area contributed by atoms with E-state index in [1.165, 1.54) is 0 Å². The summed E-state index contributed by atoms with van der Waals surface area (Å²) in [6.07, 6.45) is -0.547. The van der Waals surface area contributed by atoms with Gasteiger partial charge in [-0.05, 0) is 40.2 Å². The number of carbonyl (C=O) groups excluding carboxylic acids is 1. The molecule has 0 aromatic carbocycles. The molecule has 1 rings (SSSR count). The molecule has 0 unspecified atom stereocenters. The number of carbonyl (C=O) groups is 1. The molecule has 1 amide bonds. The zero-order valence-electron chi connectivity index (χ0n) is 13.0. The van der Waals surface area contributed by atoms with Gasteiger partial charge in [-0.15, -0.1) is 0 Å². The van der Waals surface area contributed by atoms with Gasteiger partial charge in [0.15, 0.2) is 0 Å². The van der Waals surface area contributed by atoms with Crippen molar-refractivity contribution in [3.63, 3.8) is 0 Å². The van der Waals surface area contributed by atoms with E-state index < -0.39 is 11.7 Å². The summed E-state index contributed by atoms with van der Waals surface area (Å²) in [4.78, 5) is 15.7. The van der Waals surface area contributed by atoms with E-state index in [1.54, 1.807) is 34.6 Å². The summed E-state index contributed by atoms with van der Waals surface area (Å²) in [5.74, 6) is 0. The molecule has 0 fully saturated rings. The van der Waals surface area contributed by atoms with Crippen molar-refractivity contribution in [2.75, 3.05) is 5.32 Å². The first kappa shape index (κ1) is 19.0. The Hall–Kier alpha value is -1.00. The molecule has 1 aromatic rings. The van der Waals surface area contributed by atoms with Gasteiger partial charge in [0.25, 0.3) is 0 Å². The van der Waals surface area contributed by atoms with Crippen LogP contribution in [0.1, 0.15) is 45.9 Å². The van der Waals surface area contributed by atoms with Crippen LogP contribution in [0.25, 0.3) is 0 Å². The molecule has 0 radical (unpaired) electrons. The zero-order valence-corrected chi connectivity index (χ0v) is 14.5. The van der Waals surface area contributed by atoms with Gasteiger partial charge in [-0.2, -0.15) is 0 Å². The summed E-state index contributed by atoms with van der Waals surface area (Å²) >= 11 is 11.8. The van der Waals surface area contributed by atoms with Gasteiger partial charge in [-0.1, -0.05) is 37.0 Å². The lowest BCUT2D eigenvalue weighted by Crippen LogP contribution is -2.27. The highest BCUT2D eigenvalue weighted by molar-refractivity contribution is 6.42. The van der Waals surface area contributed by atoms with Crippen molar-refractivity contribution in [2.24, 2.45) is 0 Å². The average molecular weight is 321 g/mol. The Balaban J connectivity index is 0.00000172. The smallest absolute Gasteiger partial charge is 0.412 e. The van der Waals surface area contributed by atoms with E-state index in [4.69, 9.17) is 27.9 Å². The first-order valence-electron chi connectivity index (χ1n) is 6.44. The first-order chi connectivity index (χ1) is 9.11. The molecule has 0 aliphatic carbocycles. The monoisotopic (exact) mass is 320 g/mol. The molecule has 0 atom stereocenters. The molecule has 1 N–H and O–H groups in total. The van der Waals surface area contributed by atoms with Gasteiger partial charge in [0, 0.05) is 0 Å². The van der Waals surface area contributed by atoms with Crippen LogP contribution < -0.4 is 5.32 Å². The highest BCUT2D eigenvalue weighted by Crippen LogP contribution is 2.31. The third-order valence-corrected chi connectivity index (χ3v) is 2.97. The number of halogens is 2. The van der Waals surface area contributed by atoms with Gasteiger partial charge in [0.1, 0.15) is 10.8 Å². The van der Waals surface area contributed by atoms with E-state index >= 15 is 0 Å². The van der Waals surface area contributed by atoms with E-state index in [9.17, 15) is 4.79 Å². The number of anilines is 1. The van der Waals surface area contributed by atoms with Crippen LogP contribution in [0.5, 0.6) is 0 Å². The molecule has 0 saturated heterocycles. The molecule has 114 valence electrons. The molecule has 0 aliphatic rings. The third kappa shape index (κ3) is 5.55. The molecule has 1 aromatic heterocycles.